The molecule has 136 valence electrons. The third kappa shape index (κ3) is 3.43. The van der Waals surface area contributed by atoms with Crippen LogP contribution in [0.2, 0.25) is 0 Å². The van der Waals surface area contributed by atoms with Gasteiger partial charge < -0.3 is 10.2 Å². The first-order chi connectivity index (χ1) is 12.7. The largest absolute Gasteiger partial charge is 0.356 e. The van der Waals surface area contributed by atoms with Crippen molar-refractivity contribution in [3.63, 3.8) is 0 Å². The second kappa shape index (κ2) is 7.06. The molecule has 1 amide bonds. The lowest BCUT2D eigenvalue weighted by Crippen LogP contribution is -2.36. The molecule has 5 heteroatoms. The van der Waals surface area contributed by atoms with Crippen molar-refractivity contribution in [1.82, 2.24) is 10.3 Å². The lowest BCUT2D eigenvalue weighted by molar-refractivity contribution is 0.0949. The third-order valence-electron chi connectivity index (χ3n) is 5.58. The van der Waals surface area contributed by atoms with Crippen LogP contribution in [-0.4, -0.2) is 30.5 Å². The van der Waals surface area contributed by atoms with Gasteiger partial charge in [0, 0.05) is 31.2 Å². The minimum Gasteiger partial charge on any atom is -0.356 e. The predicted molar refractivity (Wildman–Crippen MR) is 99.9 cm³/mol. The summed E-state index contributed by atoms with van der Waals surface area (Å²) in [5, 5.41) is 3.09. The van der Waals surface area contributed by atoms with Crippen LogP contribution in [0.4, 0.5) is 10.2 Å². The average molecular weight is 353 g/mol. The van der Waals surface area contributed by atoms with Crippen molar-refractivity contribution >= 4 is 11.7 Å². The van der Waals surface area contributed by atoms with Crippen LogP contribution < -0.4 is 10.2 Å². The van der Waals surface area contributed by atoms with E-state index in [-0.39, 0.29) is 17.1 Å². The Morgan fingerprint density at radius 1 is 1.12 bits per heavy atom. The number of nitrogens with one attached hydrogen (secondary N) is 1. The minimum absolute atomic E-state index is 0.0448. The second-order valence-corrected chi connectivity index (χ2v) is 7.39. The summed E-state index contributed by atoms with van der Waals surface area (Å²) in [6, 6.07) is 10.3. The van der Waals surface area contributed by atoms with Gasteiger partial charge in [-0.15, -0.1) is 0 Å². The van der Waals surface area contributed by atoms with Crippen molar-refractivity contribution in [2.24, 2.45) is 0 Å². The topological polar surface area (TPSA) is 45.2 Å². The quantitative estimate of drug-likeness (QED) is 0.892. The lowest BCUT2D eigenvalue weighted by Gasteiger charge is -2.29. The van der Waals surface area contributed by atoms with Gasteiger partial charge in [0.15, 0.2) is 0 Å². The van der Waals surface area contributed by atoms with Gasteiger partial charge in [0.1, 0.15) is 11.6 Å². The number of halogens is 1. The van der Waals surface area contributed by atoms with E-state index in [4.69, 9.17) is 0 Å². The Bertz CT molecular complexity index is 780. The van der Waals surface area contributed by atoms with Gasteiger partial charge in [-0.3, -0.25) is 4.79 Å². The highest BCUT2D eigenvalue weighted by atomic mass is 19.1. The van der Waals surface area contributed by atoms with Gasteiger partial charge in [0.2, 0.25) is 0 Å². The average Bonchev–Trinajstić information content (AvgIpc) is 3.48. The zero-order chi connectivity index (χ0) is 18.0. The molecule has 1 saturated carbocycles. The van der Waals surface area contributed by atoms with Crippen LogP contribution in [0.25, 0.3) is 0 Å². The summed E-state index contributed by atoms with van der Waals surface area (Å²) in [6.45, 7) is 2.49. The molecule has 2 aliphatic rings. The van der Waals surface area contributed by atoms with Crippen LogP contribution in [0.5, 0.6) is 0 Å². The van der Waals surface area contributed by atoms with Crippen molar-refractivity contribution in [3.8, 4) is 0 Å². The first kappa shape index (κ1) is 17.0. The third-order valence-corrected chi connectivity index (χ3v) is 5.58. The monoisotopic (exact) mass is 353 g/mol. The van der Waals surface area contributed by atoms with Gasteiger partial charge in [-0.1, -0.05) is 12.1 Å². The van der Waals surface area contributed by atoms with E-state index in [0.717, 1.165) is 50.2 Å². The Balaban J connectivity index is 1.46. The maximum Gasteiger partial charge on any atom is 0.255 e. The van der Waals surface area contributed by atoms with Gasteiger partial charge in [-0.25, -0.2) is 9.37 Å². The summed E-state index contributed by atoms with van der Waals surface area (Å²) < 4.78 is 13.2. The Labute approximate surface area is 153 Å². The molecule has 1 aliphatic carbocycles. The van der Waals surface area contributed by atoms with Gasteiger partial charge in [-0.2, -0.15) is 0 Å². The van der Waals surface area contributed by atoms with Crippen LogP contribution in [0, 0.1) is 5.82 Å². The summed E-state index contributed by atoms with van der Waals surface area (Å²) in [4.78, 5) is 19.5. The minimum atomic E-state index is -0.227. The number of rotatable bonds is 5. The van der Waals surface area contributed by atoms with Crippen molar-refractivity contribution < 1.29 is 9.18 Å². The summed E-state index contributed by atoms with van der Waals surface area (Å²) in [6.07, 6.45) is 7.32. The molecular formula is C21H24FN3O. The van der Waals surface area contributed by atoms with E-state index in [0.29, 0.717) is 12.1 Å². The Morgan fingerprint density at radius 3 is 2.54 bits per heavy atom. The molecule has 1 aromatic carbocycles. The van der Waals surface area contributed by atoms with E-state index in [9.17, 15) is 9.18 Å². The summed E-state index contributed by atoms with van der Waals surface area (Å²) in [5.41, 5.74) is 1.70. The highest BCUT2D eigenvalue weighted by Crippen LogP contribution is 2.47. The number of carbonyl (C=O) groups is 1. The van der Waals surface area contributed by atoms with Gasteiger partial charge in [-0.05, 0) is 61.9 Å². The molecule has 0 radical (unpaired) electrons. The maximum absolute atomic E-state index is 13.2. The number of aromatic nitrogens is 1. The summed E-state index contributed by atoms with van der Waals surface area (Å²) in [7, 11) is 0. The number of benzene rings is 1. The second-order valence-electron chi connectivity index (χ2n) is 7.39. The highest BCUT2D eigenvalue weighted by molar-refractivity contribution is 5.99. The zero-order valence-electron chi connectivity index (χ0n) is 14.9. The molecule has 1 aliphatic heterocycles. The number of hydrogen-bond donors (Lipinski definition) is 1. The highest BCUT2D eigenvalue weighted by Gasteiger charge is 2.44. The van der Waals surface area contributed by atoms with Crippen LogP contribution >= 0.6 is 0 Å². The molecule has 0 unspecified atom stereocenters. The molecule has 0 bridgehead atoms. The van der Waals surface area contributed by atoms with Crippen LogP contribution in [0.1, 0.15) is 48.0 Å². The molecule has 2 heterocycles. The number of pyridine rings is 1. The molecule has 2 aromatic rings. The fourth-order valence-corrected chi connectivity index (χ4v) is 3.80. The standard InChI is InChI=1S/C21H24FN3O/c22-17-8-6-16(7-9-17)21(10-11-21)15-24-20(26)18-5-4-12-23-19(18)25-13-2-1-3-14-25/h4-9,12H,1-3,10-11,13-15H2,(H,24,26). The summed E-state index contributed by atoms with van der Waals surface area (Å²) >= 11 is 0. The number of nitrogens with zero attached hydrogens (tertiary/aromatic N) is 2. The van der Waals surface area contributed by atoms with Crippen molar-refractivity contribution in [2.75, 3.05) is 24.5 Å². The molecule has 4 rings (SSSR count). The normalized spacial score (nSPS) is 18.4. The first-order valence-electron chi connectivity index (χ1n) is 9.42. The van der Waals surface area contributed by atoms with E-state index in [1.165, 1.54) is 18.6 Å². The first-order valence-corrected chi connectivity index (χ1v) is 9.42. The summed E-state index contributed by atoms with van der Waals surface area (Å²) in [5.74, 6) is 0.485. The van der Waals surface area contributed by atoms with E-state index in [1.807, 2.05) is 24.3 Å². The molecule has 0 atom stereocenters. The predicted octanol–water partition coefficient (Wildman–Crippen LogP) is 3.67. The number of piperidine rings is 1. The van der Waals surface area contributed by atoms with Crippen molar-refractivity contribution in [3.05, 3.63) is 59.5 Å². The number of hydrogen-bond acceptors (Lipinski definition) is 3. The van der Waals surface area contributed by atoms with Gasteiger partial charge in [0.05, 0.1) is 5.56 Å². The fourth-order valence-electron chi connectivity index (χ4n) is 3.80. The molecule has 1 N–H and O–H groups in total. The number of anilines is 1. The molecule has 4 nitrogen and oxygen atoms in total. The van der Waals surface area contributed by atoms with Crippen molar-refractivity contribution in [1.29, 1.82) is 0 Å². The molecule has 1 saturated heterocycles. The fraction of sp³-hybridized carbons (Fsp3) is 0.429. The smallest absolute Gasteiger partial charge is 0.255 e. The molecule has 26 heavy (non-hydrogen) atoms. The van der Waals surface area contributed by atoms with Gasteiger partial charge in [0.25, 0.3) is 5.91 Å². The van der Waals surface area contributed by atoms with Crippen LogP contribution in [0.3, 0.4) is 0 Å². The van der Waals surface area contributed by atoms with Crippen LogP contribution in [0.15, 0.2) is 42.6 Å². The Kier molecular flexibility index (Phi) is 4.62. The lowest BCUT2D eigenvalue weighted by atomic mass is 9.96. The molecule has 2 fully saturated rings. The van der Waals surface area contributed by atoms with E-state index in [2.05, 4.69) is 15.2 Å². The van der Waals surface area contributed by atoms with E-state index in [1.54, 1.807) is 6.20 Å². The Hall–Kier alpha value is -2.43. The Morgan fingerprint density at radius 2 is 1.85 bits per heavy atom. The van der Waals surface area contributed by atoms with Crippen LogP contribution in [-0.2, 0) is 5.41 Å². The van der Waals surface area contributed by atoms with Gasteiger partial charge >= 0.3 is 0 Å². The molecule has 0 spiro atoms. The number of amides is 1. The molecule has 1 aromatic heterocycles. The van der Waals surface area contributed by atoms with Crippen molar-refractivity contribution in [2.45, 2.75) is 37.5 Å². The zero-order valence-corrected chi connectivity index (χ0v) is 14.9. The van der Waals surface area contributed by atoms with E-state index < -0.39 is 0 Å². The number of carbonyl (C=O) groups excluding carboxylic acids is 1. The van der Waals surface area contributed by atoms with E-state index >= 15 is 0 Å². The molecular weight excluding hydrogens is 329 g/mol. The maximum atomic E-state index is 13.2. The SMILES string of the molecule is O=C(NCC1(c2ccc(F)cc2)CC1)c1cccnc1N1CCCCC1.